The van der Waals surface area contributed by atoms with Gasteiger partial charge in [0.25, 0.3) is 10.0 Å². The monoisotopic (exact) mass is 391 g/mol. The number of nitrogens with one attached hydrogen (secondary N) is 1. The van der Waals surface area contributed by atoms with Gasteiger partial charge in [0.1, 0.15) is 0 Å². The molecule has 19 heavy (non-hydrogen) atoms. The predicted molar refractivity (Wildman–Crippen MR) is 78.6 cm³/mol. The Kier molecular flexibility index (Phi) is 4.20. The smallest absolute Gasteiger partial charge is 0.316 e. The van der Waals surface area contributed by atoms with Crippen LogP contribution in [0.1, 0.15) is 0 Å². The van der Waals surface area contributed by atoms with Crippen molar-refractivity contribution in [3.8, 4) is 6.01 Å². The first-order valence-electron chi connectivity index (χ1n) is 5.16. The van der Waals surface area contributed by atoms with Gasteiger partial charge in [0.2, 0.25) is 0 Å². The fourth-order valence-corrected chi connectivity index (χ4v) is 2.69. The van der Waals surface area contributed by atoms with Crippen molar-refractivity contribution < 1.29 is 13.2 Å². The second kappa shape index (κ2) is 5.70. The Morgan fingerprint density at radius 3 is 2.26 bits per heavy atom. The van der Waals surface area contributed by atoms with E-state index < -0.39 is 10.0 Å². The summed E-state index contributed by atoms with van der Waals surface area (Å²) in [6.45, 7) is 0. The number of ether oxygens (including phenoxy) is 1. The van der Waals surface area contributed by atoms with E-state index in [9.17, 15) is 8.42 Å². The zero-order valence-corrected chi connectivity index (χ0v) is 12.8. The van der Waals surface area contributed by atoms with Gasteiger partial charge in [-0.2, -0.15) is 0 Å². The summed E-state index contributed by atoms with van der Waals surface area (Å²) in [7, 11) is -2.19. The van der Waals surface area contributed by atoms with E-state index in [1.54, 1.807) is 12.1 Å². The molecule has 0 amide bonds. The molecule has 0 unspecified atom stereocenters. The van der Waals surface area contributed by atoms with E-state index in [0.717, 1.165) is 3.57 Å². The predicted octanol–water partition coefficient (Wildman–Crippen LogP) is 1.89. The van der Waals surface area contributed by atoms with Gasteiger partial charge in [-0.05, 0) is 46.9 Å². The molecule has 0 fully saturated rings. The van der Waals surface area contributed by atoms with Crippen molar-refractivity contribution in [2.75, 3.05) is 11.8 Å². The summed E-state index contributed by atoms with van der Waals surface area (Å²) in [5.41, 5.74) is 0.277. The third-order valence-electron chi connectivity index (χ3n) is 2.19. The number of anilines is 1. The molecule has 2 rings (SSSR count). The Morgan fingerprint density at radius 2 is 1.74 bits per heavy atom. The molecule has 100 valence electrons. The number of methoxy groups -OCH3 is 1. The van der Waals surface area contributed by atoms with Crippen LogP contribution in [0.4, 0.5) is 5.69 Å². The maximum absolute atomic E-state index is 12.1. The van der Waals surface area contributed by atoms with Crippen LogP contribution in [0.15, 0.2) is 41.6 Å². The zero-order chi connectivity index (χ0) is 13.9. The van der Waals surface area contributed by atoms with Crippen LogP contribution in [0, 0.1) is 3.57 Å². The van der Waals surface area contributed by atoms with E-state index in [-0.39, 0.29) is 16.6 Å². The summed E-state index contributed by atoms with van der Waals surface area (Å²) < 4.78 is 32.3. The molecule has 1 heterocycles. The lowest BCUT2D eigenvalue weighted by molar-refractivity contribution is 0.380. The Bertz CT molecular complexity index is 657. The number of aromatic nitrogens is 2. The molecule has 0 aliphatic rings. The molecular formula is C11H10IN3O3S. The third kappa shape index (κ3) is 3.53. The summed E-state index contributed by atoms with van der Waals surface area (Å²) in [4.78, 5) is 7.84. The number of nitrogens with zero attached hydrogens (tertiary/aromatic N) is 2. The number of hydrogen-bond acceptors (Lipinski definition) is 5. The van der Waals surface area contributed by atoms with Crippen LogP contribution in [0.3, 0.4) is 0 Å². The first-order valence-corrected chi connectivity index (χ1v) is 7.72. The normalized spacial score (nSPS) is 11.1. The molecule has 0 saturated heterocycles. The van der Waals surface area contributed by atoms with Crippen molar-refractivity contribution in [2.45, 2.75) is 4.90 Å². The van der Waals surface area contributed by atoms with Gasteiger partial charge in [-0.3, -0.25) is 4.72 Å². The number of sulfonamides is 1. The maximum Gasteiger partial charge on any atom is 0.316 e. The topological polar surface area (TPSA) is 81.2 Å². The summed E-state index contributed by atoms with van der Waals surface area (Å²) in [6, 6.07) is 6.69. The first-order chi connectivity index (χ1) is 9.01. The summed E-state index contributed by atoms with van der Waals surface area (Å²) in [5.74, 6) is 0. The minimum absolute atomic E-state index is 0.178. The highest BCUT2D eigenvalue weighted by molar-refractivity contribution is 14.1. The second-order valence-electron chi connectivity index (χ2n) is 3.52. The third-order valence-corrected chi connectivity index (χ3v) is 4.30. The van der Waals surface area contributed by atoms with Gasteiger partial charge >= 0.3 is 6.01 Å². The van der Waals surface area contributed by atoms with Gasteiger partial charge in [-0.15, -0.1) is 0 Å². The lowest BCUT2D eigenvalue weighted by Gasteiger charge is -2.07. The van der Waals surface area contributed by atoms with Crippen molar-refractivity contribution in [1.29, 1.82) is 0 Å². The van der Waals surface area contributed by atoms with Gasteiger partial charge in [-0.1, -0.05) is 0 Å². The van der Waals surface area contributed by atoms with Crippen molar-refractivity contribution >= 4 is 38.3 Å². The quantitative estimate of drug-likeness (QED) is 0.806. The highest BCUT2D eigenvalue weighted by Crippen LogP contribution is 2.16. The van der Waals surface area contributed by atoms with Crippen LogP contribution in [0.25, 0.3) is 0 Å². The molecule has 0 aliphatic carbocycles. The highest BCUT2D eigenvalue weighted by Gasteiger charge is 2.14. The van der Waals surface area contributed by atoms with Gasteiger partial charge in [-0.25, -0.2) is 18.4 Å². The average molecular weight is 391 g/mol. The Labute approximate surface area is 124 Å². The average Bonchev–Trinajstić information content (AvgIpc) is 2.40. The molecule has 0 atom stereocenters. The van der Waals surface area contributed by atoms with Crippen LogP contribution in [-0.2, 0) is 10.0 Å². The fraction of sp³-hybridized carbons (Fsp3) is 0.0909. The van der Waals surface area contributed by atoms with Gasteiger partial charge < -0.3 is 4.74 Å². The number of halogens is 1. The minimum atomic E-state index is -3.62. The van der Waals surface area contributed by atoms with E-state index in [1.807, 2.05) is 0 Å². The van der Waals surface area contributed by atoms with Crippen molar-refractivity contribution in [3.05, 3.63) is 40.2 Å². The number of benzene rings is 1. The first kappa shape index (κ1) is 14.0. The van der Waals surface area contributed by atoms with Gasteiger partial charge in [0, 0.05) is 3.57 Å². The lowest BCUT2D eigenvalue weighted by atomic mass is 10.4. The molecule has 0 saturated carbocycles. The molecule has 0 spiro atoms. The highest BCUT2D eigenvalue weighted by atomic mass is 127. The van der Waals surface area contributed by atoms with Crippen molar-refractivity contribution in [2.24, 2.45) is 0 Å². The maximum atomic E-state index is 12.1. The summed E-state index contributed by atoms with van der Waals surface area (Å²) in [6.07, 6.45) is 2.69. The largest absolute Gasteiger partial charge is 0.467 e. The van der Waals surface area contributed by atoms with E-state index in [4.69, 9.17) is 4.74 Å². The molecule has 1 aromatic heterocycles. The molecular weight excluding hydrogens is 381 g/mol. The molecule has 0 bridgehead atoms. The number of hydrogen-bond donors (Lipinski definition) is 1. The van der Waals surface area contributed by atoms with E-state index in [2.05, 4.69) is 37.3 Å². The SMILES string of the molecule is COc1ncc(NS(=O)(=O)c2ccc(I)cc2)cn1. The molecule has 0 radical (unpaired) electrons. The van der Waals surface area contributed by atoms with Gasteiger partial charge in [0.15, 0.2) is 0 Å². The number of rotatable bonds is 4. The Hall–Kier alpha value is -1.42. The molecule has 2 aromatic rings. The van der Waals surface area contributed by atoms with Crippen LogP contribution in [-0.4, -0.2) is 25.5 Å². The molecule has 8 heteroatoms. The van der Waals surface area contributed by atoms with Crippen molar-refractivity contribution in [3.63, 3.8) is 0 Å². The summed E-state index contributed by atoms with van der Waals surface area (Å²) in [5, 5.41) is 0. The standard InChI is InChI=1S/C11H10IN3O3S/c1-18-11-13-6-9(7-14-11)15-19(16,17)10-4-2-8(12)3-5-10/h2-7,15H,1H3. The van der Waals surface area contributed by atoms with Gasteiger partial charge in [0.05, 0.1) is 30.1 Å². The van der Waals surface area contributed by atoms with Crippen LogP contribution in [0.5, 0.6) is 6.01 Å². The van der Waals surface area contributed by atoms with E-state index >= 15 is 0 Å². The molecule has 1 N–H and O–H groups in total. The van der Waals surface area contributed by atoms with Crippen molar-refractivity contribution in [1.82, 2.24) is 9.97 Å². The molecule has 6 nitrogen and oxygen atoms in total. The Morgan fingerprint density at radius 1 is 1.16 bits per heavy atom. The molecule has 1 aromatic carbocycles. The Balaban J connectivity index is 2.23. The lowest BCUT2D eigenvalue weighted by Crippen LogP contribution is -2.13. The van der Waals surface area contributed by atoms with Crippen LogP contribution < -0.4 is 9.46 Å². The van der Waals surface area contributed by atoms with Crippen LogP contribution in [0.2, 0.25) is 0 Å². The zero-order valence-electron chi connectivity index (χ0n) is 9.87. The van der Waals surface area contributed by atoms with Crippen LogP contribution >= 0.6 is 22.6 Å². The van der Waals surface area contributed by atoms with E-state index in [0.29, 0.717) is 0 Å². The second-order valence-corrected chi connectivity index (χ2v) is 6.45. The minimum Gasteiger partial charge on any atom is -0.467 e. The van der Waals surface area contributed by atoms with E-state index in [1.165, 1.54) is 31.6 Å². The summed E-state index contributed by atoms with van der Waals surface area (Å²) >= 11 is 2.11. The molecule has 0 aliphatic heterocycles. The fourth-order valence-electron chi connectivity index (χ4n) is 1.30.